The van der Waals surface area contributed by atoms with Crippen LogP contribution in [0.1, 0.15) is 63.1 Å². The van der Waals surface area contributed by atoms with Crippen LogP contribution in [-0.2, 0) is 24.2 Å². The van der Waals surface area contributed by atoms with Crippen molar-refractivity contribution in [2.75, 3.05) is 5.43 Å². The lowest BCUT2D eigenvalue weighted by atomic mass is 10.1. The number of anilines is 1. The van der Waals surface area contributed by atoms with E-state index in [0.29, 0.717) is 0 Å². The summed E-state index contributed by atoms with van der Waals surface area (Å²) in [4.78, 5) is 11.3. The smallest absolute Gasteiger partial charge is 0.252 e. The fraction of sp³-hybridized carbons (Fsp3) is 0.458. The summed E-state index contributed by atoms with van der Waals surface area (Å²) >= 11 is 0. The van der Waals surface area contributed by atoms with E-state index in [2.05, 4.69) is 58.9 Å². The second kappa shape index (κ2) is 13.3. The monoisotopic (exact) mass is 393 g/mol. The first-order valence-electron chi connectivity index (χ1n) is 10.7. The molecule has 0 aliphatic carbocycles. The van der Waals surface area contributed by atoms with Crippen LogP contribution in [-0.4, -0.2) is 5.91 Å². The summed E-state index contributed by atoms with van der Waals surface area (Å²) in [5.41, 5.74) is 8.76. The van der Waals surface area contributed by atoms with Crippen LogP contribution < -0.4 is 15.4 Å². The molecule has 0 aliphatic rings. The van der Waals surface area contributed by atoms with Gasteiger partial charge >= 0.3 is 0 Å². The van der Waals surface area contributed by atoms with E-state index in [1.807, 2.05) is 18.2 Å². The second-order valence-corrected chi connectivity index (χ2v) is 7.36. The minimum Gasteiger partial charge on any atom is -0.299 e. The Morgan fingerprint density at radius 2 is 1.76 bits per heavy atom. The number of carbonyl (C=O) groups excluding carboxylic acids is 1. The van der Waals surface area contributed by atoms with Gasteiger partial charge in [-0.3, -0.25) is 15.6 Å². The van der Waals surface area contributed by atoms with Gasteiger partial charge in [0, 0.05) is 25.0 Å². The first-order chi connectivity index (χ1) is 14.2. The van der Waals surface area contributed by atoms with Gasteiger partial charge in [-0.2, -0.15) is 5.26 Å². The highest BCUT2D eigenvalue weighted by Crippen LogP contribution is 2.11. The zero-order valence-electron chi connectivity index (χ0n) is 17.5. The number of nitrogens with zero attached hydrogens (tertiary/aromatic N) is 2. The largest absolute Gasteiger partial charge is 0.299 e. The Balaban J connectivity index is 1.79. The van der Waals surface area contributed by atoms with Crippen molar-refractivity contribution < 1.29 is 9.36 Å². The molecule has 0 radical (unpaired) electrons. The quantitative estimate of drug-likeness (QED) is 0.300. The predicted molar refractivity (Wildman–Crippen MR) is 116 cm³/mol. The molecule has 29 heavy (non-hydrogen) atoms. The highest BCUT2D eigenvalue weighted by atomic mass is 16.2. The number of nitrogens with one attached hydrogen (secondary N) is 2. The molecule has 0 atom stereocenters. The van der Waals surface area contributed by atoms with Gasteiger partial charge in [0.1, 0.15) is 13.0 Å². The van der Waals surface area contributed by atoms with Gasteiger partial charge in [0.05, 0.1) is 11.8 Å². The third-order valence-electron chi connectivity index (χ3n) is 5.00. The third-order valence-corrected chi connectivity index (χ3v) is 5.00. The Hall–Kier alpha value is -2.87. The van der Waals surface area contributed by atoms with Crippen molar-refractivity contribution in [3.63, 3.8) is 0 Å². The number of hydrogen-bond donors (Lipinski definition) is 2. The molecule has 0 bridgehead atoms. The van der Waals surface area contributed by atoms with Crippen LogP contribution >= 0.6 is 0 Å². The van der Waals surface area contributed by atoms with Crippen molar-refractivity contribution in [2.45, 2.75) is 71.3 Å². The normalized spacial score (nSPS) is 10.3. The summed E-state index contributed by atoms with van der Waals surface area (Å²) in [5, 5.41) is 8.49. The van der Waals surface area contributed by atoms with Crippen LogP contribution in [0.4, 0.5) is 5.69 Å². The van der Waals surface area contributed by atoms with E-state index >= 15 is 0 Å². The molecule has 0 saturated heterocycles. The third kappa shape index (κ3) is 8.78. The molecule has 2 aromatic rings. The number of pyridine rings is 1. The molecule has 5 heteroatoms. The maximum absolute atomic E-state index is 11.3. The van der Waals surface area contributed by atoms with Crippen molar-refractivity contribution in [1.29, 1.82) is 5.26 Å². The average molecular weight is 394 g/mol. The Morgan fingerprint density at radius 3 is 2.52 bits per heavy atom. The second-order valence-electron chi connectivity index (χ2n) is 7.36. The lowest BCUT2D eigenvalue weighted by Crippen LogP contribution is -2.38. The highest BCUT2D eigenvalue weighted by molar-refractivity contribution is 5.79. The van der Waals surface area contributed by atoms with Gasteiger partial charge in [0.15, 0.2) is 11.9 Å². The number of hydrazine groups is 1. The predicted octanol–water partition coefficient (Wildman–Crippen LogP) is 4.48. The topological polar surface area (TPSA) is 68.8 Å². The number of rotatable bonds is 13. The molecule has 154 valence electrons. The van der Waals surface area contributed by atoms with Crippen LogP contribution in [0.2, 0.25) is 0 Å². The van der Waals surface area contributed by atoms with Crippen molar-refractivity contribution in [1.82, 2.24) is 5.43 Å². The van der Waals surface area contributed by atoms with Gasteiger partial charge in [-0.1, -0.05) is 50.8 Å². The first kappa shape index (κ1) is 22.4. The molecule has 0 fully saturated rings. The molecule has 0 saturated carbocycles. The van der Waals surface area contributed by atoms with Gasteiger partial charge in [0.25, 0.3) is 5.91 Å². The molecule has 1 amide bonds. The van der Waals surface area contributed by atoms with E-state index in [0.717, 1.165) is 25.1 Å². The van der Waals surface area contributed by atoms with E-state index < -0.39 is 0 Å². The Labute approximate surface area is 174 Å². The summed E-state index contributed by atoms with van der Waals surface area (Å²) in [7, 11) is 0. The van der Waals surface area contributed by atoms with Crippen LogP contribution in [0.25, 0.3) is 0 Å². The number of unbranched alkanes of at least 4 members (excludes halogenated alkanes) is 5. The van der Waals surface area contributed by atoms with Crippen molar-refractivity contribution >= 4 is 11.6 Å². The fourth-order valence-corrected chi connectivity index (χ4v) is 3.30. The number of aryl methyl sites for hydroxylation is 3. The minimum atomic E-state index is -0.337. The minimum absolute atomic E-state index is 0.152. The molecule has 1 heterocycles. The van der Waals surface area contributed by atoms with Gasteiger partial charge in [0.2, 0.25) is 0 Å². The molecule has 2 N–H and O–H groups in total. The van der Waals surface area contributed by atoms with Crippen LogP contribution in [0, 0.1) is 11.3 Å². The first-order valence-corrected chi connectivity index (χ1v) is 10.7. The SMILES string of the molecule is CCCCCCCC[n+]1ccccc1CCc1ccc(NNC(=O)CC#N)cc1. The number of benzene rings is 1. The molecule has 0 spiro atoms. The zero-order chi connectivity index (χ0) is 20.7. The van der Waals surface area contributed by atoms with Gasteiger partial charge in [-0.05, 0) is 30.5 Å². The van der Waals surface area contributed by atoms with Gasteiger partial charge < -0.3 is 0 Å². The maximum Gasteiger partial charge on any atom is 0.252 e. The number of amides is 1. The number of carbonyl (C=O) groups is 1. The molecule has 2 rings (SSSR count). The molecular weight excluding hydrogens is 360 g/mol. The summed E-state index contributed by atoms with van der Waals surface area (Å²) < 4.78 is 2.39. The summed E-state index contributed by atoms with van der Waals surface area (Å²) in [6.45, 7) is 3.35. The van der Waals surface area contributed by atoms with Crippen molar-refractivity contribution in [3.8, 4) is 6.07 Å². The number of hydrogen-bond acceptors (Lipinski definition) is 3. The Bertz CT molecular complexity index is 780. The van der Waals surface area contributed by atoms with E-state index in [9.17, 15) is 4.79 Å². The van der Waals surface area contributed by atoms with Crippen molar-refractivity contribution in [2.24, 2.45) is 0 Å². The Kier molecular flexibility index (Phi) is 10.3. The standard InChI is InChI=1S/C24H32N4O/c1-2-3-4-5-6-8-19-28-20-9-7-10-23(28)16-13-21-11-14-22(15-12-21)26-27-24(29)17-18-25/h7,9-12,14-15,20,26H,2-6,8,13,16-17,19H2,1H3/p+1. The number of nitriles is 1. The molecule has 0 aliphatic heterocycles. The molecule has 1 aromatic carbocycles. The van der Waals surface area contributed by atoms with Gasteiger partial charge in [-0.25, -0.2) is 4.57 Å². The van der Waals surface area contributed by atoms with Crippen LogP contribution in [0.15, 0.2) is 48.7 Å². The molecular formula is C24H33N4O+. The van der Waals surface area contributed by atoms with Crippen molar-refractivity contribution in [3.05, 3.63) is 59.9 Å². The highest BCUT2D eigenvalue weighted by Gasteiger charge is 2.09. The van der Waals surface area contributed by atoms with E-state index in [-0.39, 0.29) is 12.3 Å². The van der Waals surface area contributed by atoms with Crippen LogP contribution in [0.3, 0.4) is 0 Å². The molecule has 0 unspecified atom stereocenters. The lowest BCUT2D eigenvalue weighted by Gasteiger charge is -2.08. The van der Waals surface area contributed by atoms with E-state index in [4.69, 9.17) is 5.26 Å². The van der Waals surface area contributed by atoms with Gasteiger partial charge in [-0.15, -0.1) is 0 Å². The average Bonchev–Trinajstić information content (AvgIpc) is 2.75. The zero-order valence-corrected chi connectivity index (χ0v) is 17.5. The Morgan fingerprint density at radius 1 is 1.00 bits per heavy atom. The van der Waals surface area contributed by atoms with Crippen LogP contribution in [0.5, 0.6) is 0 Å². The fourth-order valence-electron chi connectivity index (χ4n) is 3.30. The lowest BCUT2D eigenvalue weighted by molar-refractivity contribution is -0.704. The maximum atomic E-state index is 11.3. The molecule has 1 aromatic heterocycles. The number of aromatic nitrogens is 1. The van der Waals surface area contributed by atoms with E-state index in [1.165, 1.54) is 49.8 Å². The van der Waals surface area contributed by atoms with E-state index in [1.54, 1.807) is 0 Å². The summed E-state index contributed by atoms with van der Waals surface area (Å²) in [6.07, 6.45) is 11.9. The summed E-state index contributed by atoms with van der Waals surface area (Å²) in [6, 6.07) is 16.3. The summed E-state index contributed by atoms with van der Waals surface area (Å²) in [5.74, 6) is -0.337. The molecule has 5 nitrogen and oxygen atoms in total.